The summed E-state index contributed by atoms with van der Waals surface area (Å²) in [6, 6.07) is 20.2. The number of methoxy groups -OCH3 is 2. The molecule has 0 heterocycles. The molecule has 7 nitrogen and oxygen atoms in total. The van der Waals surface area contributed by atoms with Crippen LogP contribution in [0.4, 0.5) is 17.1 Å². The van der Waals surface area contributed by atoms with Crippen LogP contribution in [-0.2, 0) is 9.59 Å². The zero-order valence-electron chi connectivity index (χ0n) is 17.9. The van der Waals surface area contributed by atoms with Crippen molar-refractivity contribution in [1.82, 2.24) is 0 Å². The van der Waals surface area contributed by atoms with E-state index in [1.165, 1.54) is 0 Å². The number of alkyl halides is 1. The van der Waals surface area contributed by atoms with E-state index >= 15 is 0 Å². The zero-order valence-corrected chi connectivity index (χ0v) is 18.7. The summed E-state index contributed by atoms with van der Waals surface area (Å²) in [4.78, 5) is 22.0. The lowest BCUT2D eigenvalue weighted by Gasteiger charge is -2.10. The van der Waals surface area contributed by atoms with Crippen LogP contribution in [0.3, 0.4) is 0 Å². The summed E-state index contributed by atoms with van der Waals surface area (Å²) in [6.45, 7) is 0. The van der Waals surface area contributed by atoms with E-state index in [1.807, 2.05) is 42.5 Å². The maximum atomic E-state index is 11.2. The average Bonchev–Trinajstić information content (AvgIpc) is 2.80. The number of carbonyl (C=O) groups excluding carboxylic acids is 2. The topological polar surface area (TPSA) is 117 Å². The van der Waals surface area contributed by atoms with E-state index in [2.05, 4.69) is 5.32 Å². The van der Waals surface area contributed by atoms with Gasteiger partial charge in [-0.3, -0.25) is 9.59 Å². The molecule has 0 aliphatic carbocycles. The Balaban J connectivity index is 0.000000235. The van der Waals surface area contributed by atoms with Gasteiger partial charge in [0, 0.05) is 5.69 Å². The molecular formula is C24H26ClN3O4. The Hall–Kier alpha value is -3.71. The van der Waals surface area contributed by atoms with Crippen LogP contribution in [0.1, 0.15) is 6.42 Å². The molecule has 168 valence electrons. The van der Waals surface area contributed by atoms with Crippen LogP contribution in [0.25, 0.3) is 11.1 Å². The van der Waals surface area contributed by atoms with Crippen LogP contribution in [-0.4, -0.2) is 31.8 Å². The number of benzene rings is 3. The minimum atomic E-state index is -0.332. The molecule has 0 aliphatic rings. The van der Waals surface area contributed by atoms with Gasteiger partial charge in [-0.1, -0.05) is 30.3 Å². The van der Waals surface area contributed by atoms with Crippen LogP contribution in [0.5, 0.6) is 11.5 Å². The third-order valence-corrected chi connectivity index (χ3v) is 4.66. The summed E-state index contributed by atoms with van der Waals surface area (Å²) < 4.78 is 10.4. The molecule has 0 radical (unpaired) electrons. The molecule has 0 aliphatic heterocycles. The quantitative estimate of drug-likeness (QED) is 0.277. The summed E-state index contributed by atoms with van der Waals surface area (Å²) in [5, 5.41) is 2.59. The third kappa shape index (κ3) is 7.21. The molecule has 0 saturated carbocycles. The zero-order chi connectivity index (χ0) is 23.5. The van der Waals surface area contributed by atoms with Gasteiger partial charge in [0.15, 0.2) is 5.78 Å². The molecule has 0 saturated heterocycles. The number of hydrogen-bond donors (Lipinski definition) is 3. The lowest BCUT2D eigenvalue weighted by molar-refractivity contribution is -0.124. The first-order valence-electron chi connectivity index (χ1n) is 9.68. The fourth-order valence-corrected chi connectivity index (χ4v) is 2.83. The molecule has 1 amide bonds. The molecule has 0 unspecified atom stereocenters. The maximum absolute atomic E-state index is 11.2. The summed E-state index contributed by atoms with van der Waals surface area (Å²) in [5.74, 6) is 0.580. The molecule has 3 aromatic carbocycles. The van der Waals surface area contributed by atoms with E-state index in [0.29, 0.717) is 28.6 Å². The Labute approximate surface area is 192 Å². The Morgan fingerprint density at radius 1 is 0.844 bits per heavy atom. The number of halogens is 1. The lowest BCUT2D eigenvalue weighted by Crippen LogP contribution is -2.16. The van der Waals surface area contributed by atoms with Crippen LogP contribution in [0.15, 0.2) is 66.7 Å². The second-order valence-corrected chi connectivity index (χ2v) is 6.94. The van der Waals surface area contributed by atoms with Gasteiger partial charge >= 0.3 is 0 Å². The smallest absolute Gasteiger partial charge is 0.231 e. The van der Waals surface area contributed by atoms with Gasteiger partial charge in [-0.25, -0.2) is 0 Å². The fraction of sp³-hybridized carbons (Fsp3) is 0.167. The Morgan fingerprint density at radius 3 is 1.78 bits per heavy atom. The summed E-state index contributed by atoms with van der Waals surface area (Å²) in [5.41, 5.74) is 15.5. The number of carbonyl (C=O) groups is 2. The third-order valence-electron chi connectivity index (χ3n) is 4.36. The summed E-state index contributed by atoms with van der Waals surface area (Å²) >= 11 is 5.27. The van der Waals surface area contributed by atoms with Crippen molar-refractivity contribution in [2.45, 2.75) is 6.42 Å². The van der Waals surface area contributed by atoms with E-state index in [9.17, 15) is 9.59 Å². The van der Waals surface area contributed by atoms with Gasteiger partial charge in [0.05, 0.1) is 37.9 Å². The molecule has 0 atom stereocenters. The highest BCUT2D eigenvalue weighted by Crippen LogP contribution is 2.32. The predicted octanol–water partition coefficient (Wildman–Crippen LogP) is 4.36. The summed E-state index contributed by atoms with van der Waals surface area (Å²) in [7, 11) is 3.19. The summed E-state index contributed by atoms with van der Waals surface area (Å²) in [6.07, 6.45) is -0.168. The number of nitrogens with one attached hydrogen (secondary N) is 1. The van der Waals surface area contributed by atoms with Crippen molar-refractivity contribution in [2.75, 3.05) is 36.9 Å². The molecule has 0 fully saturated rings. The van der Waals surface area contributed by atoms with Crippen LogP contribution in [0, 0.1) is 0 Å². The van der Waals surface area contributed by atoms with E-state index in [0.717, 1.165) is 11.1 Å². The monoisotopic (exact) mass is 455 g/mol. The number of amides is 1. The molecule has 3 rings (SSSR count). The highest BCUT2D eigenvalue weighted by molar-refractivity contribution is 6.29. The Kier molecular flexibility index (Phi) is 9.38. The number of para-hydroxylation sites is 1. The van der Waals surface area contributed by atoms with Crippen molar-refractivity contribution >= 4 is 40.4 Å². The number of anilines is 3. The van der Waals surface area contributed by atoms with Gasteiger partial charge in [0.25, 0.3) is 0 Å². The van der Waals surface area contributed by atoms with Gasteiger partial charge in [-0.05, 0) is 47.5 Å². The van der Waals surface area contributed by atoms with E-state index in [1.54, 1.807) is 38.5 Å². The molecule has 8 heteroatoms. The Morgan fingerprint density at radius 2 is 1.34 bits per heavy atom. The highest BCUT2D eigenvalue weighted by Gasteiger charge is 2.08. The van der Waals surface area contributed by atoms with Gasteiger partial charge in [-0.15, -0.1) is 11.6 Å². The second-order valence-electron chi connectivity index (χ2n) is 6.68. The van der Waals surface area contributed by atoms with E-state index < -0.39 is 0 Å². The average molecular weight is 456 g/mol. The number of rotatable bonds is 7. The van der Waals surface area contributed by atoms with Gasteiger partial charge in [0.2, 0.25) is 5.91 Å². The van der Waals surface area contributed by atoms with Crippen molar-refractivity contribution in [3.8, 4) is 22.6 Å². The largest absolute Gasteiger partial charge is 0.495 e. The number of Topliss-reactive ketones (excluding diaryl/α,β-unsaturated/α-hetero) is 1. The van der Waals surface area contributed by atoms with Gasteiger partial charge in [0.1, 0.15) is 11.5 Å². The maximum Gasteiger partial charge on any atom is 0.231 e. The normalized spacial score (nSPS) is 9.84. The van der Waals surface area contributed by atoms with Gasteiger partial charge in [-0.2, -0.15) is 0 Å². The molecule has 3 aromatic rings. The molecule has 0 bridgehead atoms. The van der Waals surface area contributed by atoms with Gasteiger partial charge < -0.3 is 26.3 Å². The Bertz CT molecular complexity index is 1010. The molecule has 5 N–H and O–H groups in total. The number of hydrogen-bond acceptors (Lipinski definition) is 6. The van der Waals surface area contributed by atoms with Crippen molar-refractivity contribution in [1.29, 1.82) is 0 Å². The van der Waals surface area contributed by atoms with Crippen LogP contribution >= 0.6 is 11.6 Å². The number of ketones is 1. The first-order chi connectivity index (χ1) is 15.4. The first-order valence-corrected chi connectivity index (χ1v) is 10.2. The lowest BCUT2D eigenvalue weighted by atomic mass is 10.0. The number of nitrogens with two attached hydrogens (primary N) is 2. The molecule has 32 heavy (non-hydrogen) atoms. The van der Waals surface area contributed by atoms with Crippen molar-refractivity contribution in [3.05, 3.63) is 66.7 Å². The van der Waals surface area contributed by atoms with Crippen molar-refractivity contribution < 1.29 is 19.1 Å². The van der Waals surface area contributed by atoms with E-state index in [-0.39, 0.29) is 24.0 Å². The molecule has 0 aromatic heterocycles. The minimum absolute atomic E-state index is 0.123. The van der Waals surface area contributed by atoms with Crippen LogP contribution in [0.2, 0.25) is 0 Å². The van der Waals surface area contributed by atoms with E-state index in [4.69, 9.17) is 32.5 Å². The second kappa shape index (κ2) is 12.2. The highest BCUT2D eigenvalue weighted by atomic mass is 35.5. The van der Waals surface area contributed by atoms with Crippen molar-refractivity contribution in [2.24, 2.45) is 0 Å². The first kappa shape index (κ1) is 24.6. The van der Waals surface area contributed by atoms with Crippen molar-refractivity contribution in [3.63, 3.8) is 0 Å². The fourth-order valence-electron chi connectivity index (χ4n) is 2.73. The molecular weight excluding hydrogens is 430 g/mol. The number of ether oxygens (including phenoxy) is 2. The number of nitrogen functional groups attached to an aromatic ring is 2. The standard InChI is InChI=1S/C14H16N2O2.C10H10ClNO2/c1-17-13-7-9(3-5-11(13)15)10-4-6-12(16)14(8-10)18-2;11-7-9(13)6-10(14)12-8-4-2-1-3-5-8/h3-8H,15-16H2,1-2H3;1-5H,6-7H2,(H,12,14). The molecule has 0 spiro atoms. The predicted molar refractivity (Wildman–Crippen MR) is 129 cm³/mol. The SMILES string of the molecule is COc1cc(-c2ccc(N)c(OC)c2)ccc1N.O=C(CCl)CC(=O)Nc1ccccc1. The van der Waals surface area contributed by atoms with Crippen LogP contribution < -0.4 is 26.3 Å². The minimum Gasteiger partial charge on any atom is -0.495 e.